The molecule has 0 aromatic heterocycles. The van der Waals surface area contributed by atoms with Crippen LogP contribution in [0, 0.1) is 0 Å². The van der Waals surface area contributed by atoms with Crippen LogP contribution in [0.25, 0.3) is 0 Å². The second kappa shape index (κ2) is 6.63. The largest absolute Gasteiger partial charge is 0.480 e. The number of aliphatic hydroxyl groups excluding tert-OH is 1. The van der Waals surface area contributed by atoms with Gasteiger partial charge < -0.3 is 19.3 Å². The highest BCUT2D eigenvalue weighted by Crippen LogP contribution is 2.49. The van der Waals surface area contributed by atoms with E-state index in [1.807, 2.05) is 0 Å². The molecule has 0 aliphatic carbocycles. The minimum absolute atomic E-state index is 0.108. The summed E-state index contributed by atoms with van der Waals surface area (Å²) in [6.07, 6.45) is -0.711. The summed E-state index contributed by atoms with van der Waals surface area (Å²) in [6.45, 7) is 4.21. The zero-order valence-electron chi connectivity index (χ0n) is 10.6. The third-order valence-corrected chi connectivity index (χ3v) is 4.74. The average molecular weight is 281 g/mol. The quantitative estimate of drug-likeness (QED) is 0.664. The smallest absolute Gasteiger partial charge is 0.344 e. The molecule has 106 valence electrons. The first kappa shape index (κ1) is 15.6. The van der Waals surface area contributed by atoms with Crippen LogP contribution in [0.2, 0.25) is 0 Å². The van der Waals surface area contributed by atoms with Crippen LogP contribution in [-0.4, -0.2) is 59.3 Å². The number of hydrogen-bond acceptors (Lipinski definition) is 6. The summed E-state index contributed by atoms with van der Waals surface area (Å²) in [4.78, 5) is 12.5. The average Bonchev–Trinajstić information content (AvgIpc) is 2.59. The van der Waals surface area contributed by atoms with Gasteiger partial charge in [-0.25, -0.2) is 0 Å². The normalized spacial score (nSPS) is 25.5. The molecule has 1 aliphatic rings. The zero-order chi connectivity index (χ0) is 13.8. The summed E-state index contributed by atoms with van der Waals surface area (Å²) >= 11 is 0. The van der Waals surface area contributed by atoms with Gasteiger partial charge in [-0.2, -0.15) is 0 Å². The maximum Gasteiger partial charge on any atom is 0.344 e. The van der Waals surface area contributed by atoms with E-state index in [-0.39, 0.29) is 19.5 Å². The van der Waals surface area contributed by atoms with Crippen molar-refractivity contribution in [3.63, 3.8) is 0 Å². The Balaban J connectivity index is 2.74. The molecule has 1 fully saturated rings. The van der Waals surface area contributed by atoms with Crippen molar-refractivity contribution in [3.8, 4) is 0 Å². The Morgan fingerprint density at radius 1 is 1.39 bits per heavy atom. The van der Waals surface area contributed by atoms with Crippen LogP contribution in [0.5, 0.6) is 0 Å². The van der Waals surface area contributed by atoms with Crippen LogP contribution in [0.1, 0.15) is 20.3 Å². The van der Waals surface area contributed by atoms with Crippen molar-refractivity contribution in [2.45, 2.75) is 32.4 Å². The van der Waals surface area contributed by atoms with Gasteiger partial charge in [-0.15, -0.1) is 0 Å². The molecule has 1 saturated heterocycles. The molecule has 0 bridgehead atoms. The fourth-order valence-electron chi connectivity index (χ4n) is 2.05. The summed E-state index contributed by atoms with van der Waals surface area (Å²) in [7, 11) is -3.32. The van der Waals surface area contributed by atoms with Crippen molar-refractivity contribution >= 4 is 13.6 Å². The number of likely N-dealkylation sites (tertiary alicyclic amines) is 1. The topological polar surface area (TPSA) is 96.3 Å². The van der Waals surface area contributed by atoms with Crippen molar-refractivity contribution in [2.75, 3.05) is 26.0 Å². The Labute approximate surface area is 106 Å². The molecule has 2 N–H and O–H groups in total. The zero-order valence-corrected chi connectivity index (χ0v) is 11.5. The van der Waals surface area contributed by atoms with Crippen molar-refractivity contribution in [1.82, 2.24) is 4.90 Å². The molecule has 7 nitrogen and oxygen atoms in total. The number of hydrogen-bond donors (Lipinski definition) is 2. The van der Waals surface area contributed by atoms with Gasteiger partial charge in [0.15, 0.2) is 0 Å². The summed E-state index contributed by atoms with van der Waals surface area (Å²) < 4.78 is 22.5. The molecule has 1 heterocycles. The molecule has 0 radical (unpaired) electrons. The lowest BCUT2D eigenvalue weighted by atomic mass is 10.2. The molecule has 0 saturated carbocycles. The van der Waals surface area contributed by atoms with Crippen LogP contribution in [0.3, 0.4) is 0 Å². The molecule has 0 amide bonds. The molecular weight excluding hydrogens is 261 g/mol. The van der Waals surface area contributed by atoms with Crippen molar-refractivity contribution in [2.24, 2.45) is 0 Å². The minimum atomic E-state index is -3.32. The summed E-state index contributed by atoms with van der Waals surface area (Å²) in [5.41, 5.74) is 0. The second-order valence-corrected chi connectivity index (χ2v) is 6.06. The van der Waals surface area contributed by atoms with Gasteiger partial charge in [-0.3, -0.25) is 14.3 Å². The predicted molar refractivity (Wildman–Crippen MR) is 64.5 cm³/mol. The fourth-order valence-corrected chi connectivity index (χ4v) is 3.84. The maximum atomic E-state index is 12.3. The van der Waals surface area contributed by atoms with Gasteiger partial charge in [-0.1, -0.05) is 0 Å². The molecule has 18 heavy (non-hydrogen) atoms. The second-order valence-electron chi connectivity index (χ2n) is 4.04. The minimum Gasteiger partial charge on any atom is -0.480 e. The van der Waals surface area contributed by atoms with E-state index in [0.29, 0.717) is 13.0 Å². The summed E-state index contributed by atoms with van der Waals surface area (Å²) in [5, 5.41) is 18.6. The van der Waals surface area contributed by atoms with Crippen LogP contribution in [-0.2, 0) is 18.4 Å². The Morgan fingerprint density at radius 3 is 2.39 bits per heavy atom. The van der Waals surface area contributed by atoms with Crippen LogP contribution in [0.4, 0.5) is 0 Å². The lowest BCUT2D eigenvalue weighted by Gasteiger charge is -2.26. The highest BCUT2D eigenvalue weighted by Gasteiger charge is 2.42. The summed E-state index contributed by atoms with van der Waals surface area (Å²) in [5.74, 6) is -1.13. The van der Waals surface area contributed by atoms with Crippen molar-refractivity contribution < 1.29 is 28.6 Å². The molecule has 0 aromatic carbocycles. The van der Waals surface area contributed by atoms with Crippen LogP contribution >= 0.6 is 7.60 Å². The van der Waals surface area contributed by atoms with E-state index >= 15 is 0 Å². The molecule has 1 rings (SSSR count). The van der Waals surface area contributed by atoms with Gasteiger partial charge in [0.2, 0.25) is 0 Å². The lowest BCUT2D eigenvalue weighted by molar-refractivity contribution is -0.144. The van der Waals surface area contributed by atoms with E-state index in [4.69, 9.17) is 14.2 Å². The molecule has 0 spiro atoms. The van der Waals surface area contributed by atoms with Crippen molar-refractivity contribution in [3.05, 3.63) is 0 Å². The van der Waals surface area contributed by atoms with Gasteiger partial charge in [-0.05, 0) is 20.3 Å². The first-order valence-electron chi connectivity index (χ1n) is 5.96. The summed E-state index contributed by atoms with van der Waals surface area (Å²) in [6, 6.07) is -1.04. The number of nitrogens with zero attached hydrogens (tertiary/aromatic N) is 1. The number of aliphatic hydroxyl groups is 1. The van der Waals surface area contributed by atoms with E-state index in [2.05, 4.69) is 0 Å². The van der Waals surface area contributed by atoms with E-state index in [9.17, 15) is 14.5 Å². The third-order valence-electron chi connectivity index (χ3n) is 2.73. The molecule has 1 aliphatic heterocycles. The van der Waals surface area contributed by atoms with E-state index in [1.54, 1.807) is 13.8 Å². The maximum absolute atomic E-state index is 12.3. The first-order chi connectivity index (χ1) is 8.43. The number of rotatable bonds is 7. The Hall–Kier alpha value is -0.460. The number of carbonyl (C=O) groups is 1. The fraction of sp³-hybridized carbons (Fsp3) is 0.900. The van der Waals surface area contributed by atoms with Gasteiger partial charge in [0, 0.05) is 6.54 Å². The monoisotopic (exact) mass is 281 g/mol. The van der Waals surface area contributed by atoms with E-state index in [0.717, 1.165) is 0 Å². The lowest BCUT2D eigenvalue weighted by Crippen LogP contribution is -2.42. The number of aliphatic carboxylic acids is 1. The van der Waals surface area contributed by atoms with Gasteiger partial charge in [0.05, 0.1) is 19.3 Å². The first-order valence-corrected chi connectivity index (χ1v) is 7.69. The molecule has 1 unspecified atom stereocenters. The van der Waals surface area contributed by atoms with Crippen LogP contribution in [0.15, 0.2) is 0 Å². The molecule has 0 aromatic rings. The van der Waals surface area contributed by atoms with Gasteiger partial charge >= 0.3 is 13.6 Å². The predicted octanol–water partition coefficient (Wildman–Crippen LogP) is 0.730. The highest BCUT2D eigenvalue weighted by molar-refractivity contribution is 7.53. The third kappa shape index (κ3) is 3.76. The standard InChI is InChI=1S/C10H20NO6P/c1-3-16-18(15,17-4-2)7-11-6-5-8(12)9(11)10(13)14/h8-9,12H,3-7H2,1-2H3,(H,13,14)/t8?,9-/m0/s1. The van der Waals surface area contributed by atoms with Gasteiger partial charge in [0.25, 0.3) is 0 Å². The van der Waals surface area contributed by atoms with Crippen LogP contribution < -0.4 is 0 Å². The number of carboxylic acids is 1. The van der Waals surface area contributed by atoms with E-state index < -0.39 is 25.7 Å². The highest BCUT2D eigenvalue weighted by atomic mass is 31.2. The van der Waals surface area contributed by atoms with Crippen molar-refractivity contribution in [1.29, 1.82) is 0 Å². The van der Waals surface area contributed by atoms with E-state index in [1.165, 1.54) is 4.90 Å². The van der Waals surface area contributed by atoms with Gasteiger partial charge in [0.1, 0.15) is 12.3 Å². The molecular formula is C10H20NO6P. The number of carboxylic acid groups (broad SMARTS) is 1. The Morgan fingerprint density at radius 2 is 1.94 bits per heavy atom. The SMILES string of the molecule is CCOP(=O)(CN1CCC(O)[C@H]1C(=O)O)OCC. The Kier molecular flexibility index (Phi) is 5.75. The Bertz CT molecular complexity index is 326. The molecule has 2 atom stereocenters. The molecule has 8 heteroatoms.